The largest absolute Gasteiger partial charge is 0.496 e. The van der Waals surface area contributed by atoms with Crippen LogP contribution in [0, 0.1) is 6.92 Å². The summed E-state index contributed by atoms with van der Waals surface area (Å²) in [6.45, 7) is 1.48. The van der Waals surface area contributed by atoms with Crippen LogP contribution in [0.3, 0.4) is 0 Å². The Labute approximate surface area is 245 Å². The zero-order valence-electron chi connectivity index (χ0n) is 23.3. The molecule has 0 saturated heterocycles. The number of hydrogen-bond donors (Lipinski definition) is 2. The van der Waals surface area contributed by atoms with Gasteiger partial charge >= 0.3 is 6.15 Å². The molecule has 1 unspecified atom stereocenters. The van der Waals surface area contributed by atoms with Gasteiger partial charge in [0.2, 0.25) is 11.7 Å². The maximum Gasteiger partial charge on any atom is 0.373 e. The van der Waals surface area contributed by atoms with Gasteiger partial charge in [-0.05, 0) is 42.3 Å². The number of methoxy groups -OCH3 is 1. The first kappa shape index (κ1) is 30.1. The van der Waals surface area contributed by atoms with E-state index < -0.39 is 29.8 Å². The number of aromatic nitrogens is 3. The fourth-order valence-electron chi connectivity index (χ4n) is 4.43. The first-order valence-electron chi connectivity index (χ1n) is 13.0. The molecule has 0 aliphatic carbocycles. The lowest BCUT2D eigenvalue weighted by molar-refractivity contribution is -0.191. The molecule has 0 aliphatic rings. The number of oxazole rings is 1. The first-order valence-corrected chi connectivity index (χ1v) is 13.0. The highest BCUT2D eigenvalue weighted by molar-refractivity contribution is 6.00. The Morgan fingerprint density at radius 2 is 1.77 bits per heavy atom. The number of para-hydroxylation sites is 1. The number of nitrogens with zero attached hydrogens (tertiary/aromatic N) is 3. The van der Waals surface area contributed by atoms with Crippen molar-refractivity contribution in [2.24, 2.45) is 0 Å². The number of hydrogen-bond acceptors (Lipinski definition) is 10. The Morgan fingerprint density at radius 3 is 2.49 bits per heavy atom. The van der Waals surface area contributed by atoms with Gasteiger partial charge in [-0.25, -0.2) is 9.97 Å². The summed E-state index contributed by atoms with van der Waals surface area (Å²) in [6.07, 6.45) is 1.68. The van der Waals surface area contributed by atoms with E-state index in [0.717, 1.165) is 15.7 Å². The van der Waals surface area contributed by atoms with E-state index in [0.29, 0.717) is 22.4 Å². The fraction of sp³-hybridized carbons (Fsp3) is 0.161. The standard InChI is InChI=1S/C30H27N5O5.CO2/c1-18-12-13-25-22(14-18)34-29(40-25)27(37)23(15-19-8-4-3-5-9-19)33-26(36)17-35-28(32-16-21(31)30(35)38)20-10-6-7-11-24(20)39-2;2-1-3/h3-14,16,23H,15,17,31H2,1-2H3,(H,33,36);. The second kappa shape index (κ2) is 13.7. The number of nitrogens with one attached hydrogen (secondary N) is 1. The number of benzene rings is 3. The van der Waals surface area contributed by atoms with Gasteiger partial charge < -0.3 is 20.2 Å². The monoisotopic (exact) mass is 581 g/mol. The van der Waals surface area contributed by atoms with Crippen molar-refractivity contribution in [3.05, 3.63) is 106 Å². The molecule has 0 saturated carbocycles. The lowest BCUT2D eigenvalue weighted by Crippen LogP contribution is -2.45. The van der Waals surface area contributed by atoms with Crippen molar-refractivity contribution >= 4 is 34.6 Å². The lowest BCUT2D eigenvalue weighted by Gasteiger charge is -2.18. The molecule has 12 heteroatoms. The molecule has 1 atom stereocenters. The van der Waals surface area contributed by atoms with Crippen LogP contribution in [0.4, 0.5) is 5.69 Å². The molecule has 3 N–H and O–H groups in total. The number of ether oxygens (including phenoxy) is 1. The second-order valence-electron chi connectivity index (χ2n) is 9.38. The molecule has 2 aromatic heterocycles. The van der Waals surface area contributed by atoms with Gasteiger partial charge in [-0.3, -0.25) is 19.0 Å². The molecule has 218 valence electrons. The maximum absolute atomic E-state index is 13.6. The summed E-state index contributed by atoms with van der Waals surface area (Å²) in [7, 11) is 1.50. The molecule has 0 spiro atoms. The van der Waals surface area contributed by atoms with Gasteiger partial charge in [-0.1, -0.05) is 48.5 Å². The summed E-state index contributed by atoms with van der Waals surface area (Å²) in [4.78, 5) is 65.0. The van der Waals surface area contributed by atoms with Gasteiger partial charge in [0.05, 0.1) is 18.9 Å². The van der Waals surface area contributed by atoms with Crippen molar-refractivity contribution in [2.45, 2.75) is 25.9 Å². The molecule has 3 aromatic carbocycles. The van der Waals surface area contributed by atoms with Gasteiger partial charge in [0.15, 0.2) is 5.58 Å². The number of rotatable bonds is 9. The van der Waals surface area contributed by atoms with Gasteiger partial charge in [0.1, 0.15) is 35.4 Å². The number of carbonyl (C=O) groups is 2. The van der Waals surface area contributed by atoms with Crippen LogP contribution in [0.2, 0.25) is 0 Å². The number of Topliss-reactive ketones (excluding diaryl/α,β-unsaturated/α-hetero) is 1. The summed E-state index contributed by atoms with van der Waals surface area (Å²) in [5.41, 5.74) is 8.47. The van der Waals surface area contributed by atoms with E-state index in [4.69, 9.17) is 24.5 Å². The molecule has 0 radical (unpaired) electrons. The zero-order chi connectivity index (χ0) is 30.9. The number of carbonyl (C=O) groups excluding carboxylic acids is 4. The third kappa shape index (κ3) is 7.07. The highest BCUT2D eigenvalue weighted by Crippen LogP contribution is 2.27. The Balaban J connectivity index is 0.00000135. The van der Waals surface area contributed by atoms with Gasteiger partial charge in [0, 0.05) is 6.42 Å². The van der Waals surface area contributed by atoms with Crippen LogP contribution in [0.5, 0.6) is 5.75 Å². The highest BCUT2D eigenvalue weighted by Gasteiger charge is 2.28. The second-order valence-corrected chi connectivity index (χ2v) is 9.38. The van der Waals surface area contributed by atoms with E-state index >= 15 is 0 Å². The Morgan fingerprint density at radius 1 is 1.07 bits per heavy atom. The molecule has 0 aliphatic heterocycles. The number of aryl methyl sites for hydroxylation is 1. The van der Waals surface area contributed by atoms with E-state index in [1.807, 2.05) is 49.4 Å². The van der Waals surface area contributed by atoms with E-state index in [9.17, 15) is 14.4 Å². The van der Waals surface area contributed by atoms with Crippen LogP contribution in [-0.2, 0) is 27.3 Å². The minimum Gasteiger partial charge on any atom is -0.496 e. The number of nitrogens with two attached hydrogens (primary N) is 1. The minimum atomic E-state index is -1.01. The molecule has 0 fully saturated rings. The minimum absolute atomic E-state index is 0.112. The predicted octanol–water partition coefficient (Wildman–Crippen LogP) is 2.98. The Kier molecular flexibility index (Phi) is 9.56. The van der Waals surface area contributed by atoms with Crippen molar-refractivity contribution in [2.75, 3.05) is 12.8 Å². The number of nitrogen functional groups attached to an aromatic ring is 1. The first-order chi connectivity index (χ1) is 20.7. The summed E-state index contributed by atoms with van der Waals surface area (Å²) in [5, 5.41) is 2.77. The number of anilines is 1. The fourth-order valence-corrected chi connectivity index (χ4v) is 4.43. The average molecular weight is 582 g/mol. The average Bonchev–Trinajstić information content (AvgIpc) is 3.43. The number of ketones is 1. The van der Waals surface area contributed by atoms with E-state index in [1.54, 1.807) is 30.3 Å². The number of amides is 1. The normalized spacial score (nSPS) is 11.1. The van der Waals surface area contributed by atoms with E-state index in [2.05, 4.69) is 15.3 Å². The smallest absolute Gasteiger partial charge is 0.373 e. The van der Waals surface area contributed by atoms with Crippen LogP contribution in [0.25, 0.3) is 22.5 Å². The van der Waals surface area contributed by atoms with E-state index in [-0.39, 0.29) is 30.0 Å². The summed E-state index contributed by atoms with van der Waals surface area (Å²) < 4.78 is 12.3. The molecule has 43 heavy (non-hydrogen) atoms. The molecule has 0 bridgehead atoms. The highest BCUT2D eigenvalue weighted by atomic mass is 16.5. The van der Waals surface area contributed by atoms with E-state index in [1.165, 1.54) is 13.3 Å². The van der Waals surface area contributed by atoms with Crippen LogP contribution in [0.15, 0.2) is 88.2 Å². The van der Waals surface area contributed by atoms with Crippen molar-refractivity contribution in [3.63, 3.8) is 0 Å². The van der Waals surface area contributed by atoms with Crippen LogP contribution in [-0.4, -0.2) is 45.5 Å². The topological polar surface area (TPSA) is 176 Å². The Bertz CT molecular complexity index is 1860. The number of fused-ring (bicyclic) bond motifs is 1. The van der Waals surface area contributed by atoms with Crippen molar-refractivity contribution in [1.82, 2.24) is 19.9 Å². The summed E-state index contributed by atoms with van der Waals surface area (Å²) in [6, 6.07) is 20.7. The van der Waals surface area contributed by atoms with Crippen molar-refractivity contribution in [1.29, 1.82) is 0 Å². The van der Waals surface area contributed by atoms with Crippen LogP contribution in [0.1, 0.15) is 21.8 Å². The predicted molar refractivity (Wildman–Crippen MR) is 155 cm³/mol. The molecule has 2 heterocycles. The quantitative estimate of drug-likeness (QED) is 0.246. The lowest BCUT2D eigenvalue weighted by atomic mass is 10.0. The van der Waals surface area contributed by atoms with Gasteiger partial charge in [-0.2, -0.15) is 9.59 Å². The Hall–Kier alpha value is -5.87. The molecule has 12 nitrogen and oxygen atoms in total. The van der Waals surface area contributed by atoms with Crippen molar-refractivity contribution < 1.29 is 28.3 Å². The molecule has 5 aromatic rings. The summed E-state index contributed by atoms with van der Waals surface area (Å²) in [5.74, 6) is -0.524. The van der Waals surface area contributed by atoms with Crippen molar-refractivity contribution in [3.8, 4) is 17.1 Å². The third-order valence-electron chi connectivity index (χ3n) is 6.41. The van der Waals surface area contributed by atoms with Crippen LogP contribution >= 0.6 is 0 Å². The SMILES string of the molecule is COc1ccccc1-c1ncc(N)c(=O)n1CC(=O)NC(Cc1ccccc1)C(=O)c1nc2cc(C)ccc2o1.O=C=O. The maximum atomic E-state index is 13.6. The zero-order valence-corrected chi connectivity index (χ0v) is 23.3. The van der Waals surface area contributed by atoms with Gasteiger partial charge in [0.25, 0.3) is 11.4 Å². The molecular formula is C31H27N5O7. The molecular weight excluding hydrogens is 554 g/mol. The van der Waals surface area contributed by atoms with Gasteiger partial charge in [-0.15, -0.1) is 0 Å². The third-order valence-corrected chi connectivity index (χ3v) is 6.41. The molecule has 1 amide bonds. The molecule has 5 rings (SSSR count). The summed E-state index contributed by atoms with van der Waals surface area (Å²) >= 11 is 0. The van der Waals surface area contributed by atoms with Crippen LogP contribution < -0.4 is 21.3 Å².